The van der Waals surface area contributed by atoms with Gasteiger partial charge in [0.2, 0.25) is 0 Å². The second kappa shape index (κ2) is 4.11. The summed E-state index contributed by atoms with van der Waals surface area (Å²) in [4.78, 5) is 8.35. The lowest BCUT2D eigenvalue weighted by Gasteiger charge is -2.01. The van der Waals surface area contributed by atoms with E-state index in [0.29, 0.717) is 23.6 Å². The summed E-state index contributed by atoms with van der Waals surface area (Å²) in [6, 6.07) is 0. The van der Waals surface area contributed by atoms with E-state index < -0.39 is 13.0 Å². The molecular weight excluding hydrogens is 214 g/mol. The molecule has 0 unspecified atom stereocenters. The Hall–Kier alpha value is -1.59. The van der Waals surface area contributed by atoms with Gasteiger partial charge in [-0.05, 0) is 6.92 Å². The van der Waals surface area contributed by atoms with Gasteiger partial charge in [-0.25, -0.2) is 23.4 Å². The molecule has 2 aromatic rings. The fourth-order valence-corrected chi connectivity index (χ4v) is 1.57. The van der Waals surface area contributed by atoms with E-state index in [2.05, 4.69) is 15.1 Å². The molecule has 0 spiro atoms. The highest BCUT2D eigenvalue weighted by molar-refractivity contribution is 5.77. The fourth-order valence-electron chi connectivity index (χ4n) is 1.57. The molecule has 0 radical (unpaired) electrons. The first-order valence-electron chi connectivity index (χ1n) is 5.09. The smallest absolute Gasteiger partial charge is 0.241 e. The van der Waals surface area contributed by atoms with Gasteiger partial charge in [0, 0.05) is 12.6 Å². The predicted molar refractivity (Wildman–Crippen MR) is 55.4 cm³/mol. The third kappa shape index (κ3) is 1.87. The third-order valence-electron chi connectivity index (χ3n) is 2.35. The molecule has 0 saturated heterocycles. The molecule has 0 aromatic carbocycles. The second-order valence-electron chi connectivity index (χ2n) is 3.54. The average Bonchev–Trinajstić information content (AvgIpc) is 2.54. The van der Waals surface area contributed by atoms with E-state index in [-0.39, 0.29) is 0 Å². The van der Waals surface area contributed by atoms with Gasteiger partial charge in [-0.3, -0.25) is 0 Å². The minimum atomic E-state index is -2.43. The van der Waals surface area contributed by atoms with Crippen LogP contribution in [-0.2, 0) is 13.0 Å². The highest BCUT2D eigenvalue weighted by Crippen LogP contribution is 2.16. The first kappa shape index (κ1) is 10.9. The molecule has 0 atom stereocenters. The number of rotatable bonds is 3. The minimum absolute atomic E-state index is 0.426. The zero-order valence-electron chi connectivity index (χ0n) is 9.11. The van der Waals surface area contributed by atoms with Crippen LogP contribution < -0.4 is 0 Å². The molecule has 6 heteroatoms. The van der Waals surface area contributed by atoms with Gasteiger partial charge in [-0.15, -0.1) is 0 Å². The molecule has 2 heterocycles. The van der Waals surface area contributed by atoms with E-state index in [1.54, 1.807) is 13.1 Å². The van der Waals surface area contributed by atoms with E-state index in [0.717, 1.165) is 5.39 Å². The van der Waals surface area contributed by atoms with Crippen molar-refractivity contribution in [3.05, 3.63) is 17.7 Å². The number of aryl methyl sites for hydroxylation is 2. The standard InChI is InChI=1S/C10H12F2N4/c1-3-9-13-4-7-6(2)15-16(5-8(11)12)10(7)14-9/h4,8H,3,5H2,1-2H3. The van der Waals surface area contributed by atoms with Crippen LogP contribution in [0.4, 0.5) is 8.78 Å². The van der Waals surface area contributed by atoms with Gasteiger partial charge in [0.25, 0.3) is 6.43 Å². The topological polar surface area (TPSA) is 43.6 Å². The number of nitrogens with zero attached hydrogens (tertiary/aromatic N) is 4. The molecule has 2 aromatic heterocycles. The number of aromatic nitrogens is 4. The van der Waals surface area contributed by atoms with Crippen molar-refractivity contribution in [1.82, 2.24) is 19.7 Å². The Morgan fingerprint density at radius 1 is 1.44 bits per heavy atom. The zero-order valence-corrected chi connectivity index (χ0v) is 9.11. The quantitative estimate of drug-likeness (QED) is 0.803. The summed E-state index contributed by atoms with van der Waals surface area (Å²) in [6.45, 7) is 3.26. The Bertz CT molecular complexity index is 507. The first-order valence-corrected chi connectivity index (χ1v) is 5.09. The van der Waals surface area contributed by atoms with Gasteiger partial charge >= 0.3 is 0 Å². The van der Waals surface area contributed by atoms with E-state index >= 15 is 0 Å². The molecule has 0 aliphatic heterocycles. The summed E-state index contributed by atoms with van der Waals surface area (Å²) in [6.07, 6.45) is -0.108. The van der Waals surface area contributed by atoms with Crippen LogP contribution in [-0.4, -0.2) is 26.2 Å². The third-order valence-corrected chi connectivity index (χ3v) is 2.35. The predicted octanol–water partition coefficient (Wildman–Crippen LogP) is 1.96. The molecule has 0 saturated carbocycles. The second-order valence-corrected chi connectivity index (χ2v) is 3.54. The minimum Gasteiger partial charge on any atom is -0.241 e. The van der Waals surface area contributed by atoms with Crippen molar-refractivity contribution in [3.63, 3.8) is 0 Å². The van der Waals surface area contributed by atoms with Gasteiger partial charge < -0.3 is 0 Å². The maximum Gasteiger partial charge on any atom is 0.258 e. The maximum atomic E-state index is 12.3. The summed E-state index contributed by atoms with van der Waals surface area (Å²) in [7, 11) is 0. The van der Waals surface area contributed by atoms with Crippen LogP contribution in [0.5, 0.6) is 0 Å². The summed E-state index contributed by atoms with van der Waals surface area (Å²) in [5.41, 5.74) is 1.17. The Morgan fingerprint density at radius 3 is 2.81 bits per heavy atom. The Labute approximate surface area is 91.3 Å². The molecule has 0 aliphatic carbocycles. The highest BCUT2D eigenvalue weighted by Gasteiger charge is 2.13. The Morgan fingerprint density at radius 2 is 2.19 bits per heavy atom. The van der Waals surface area contributed by atoms with Crippen molar-refractivity contribution in [1.29, 1.82) is 0 Å². The number of halogens is 2. The van der Waals surface area contributed by atoms with Crippen molar-refractivity contribution < 1.29 is 8.78 Å². The lowest BCUT2D eigenvalue weighted by atomic mass is 10.3. The number of hydrogen-bond donors (Lipinski definition) is 0. The zero-order chi connectivity index (χ0) is 11.7. The van der Waals surface area contributed by atoms with Gasteiger partial charge in [-0.1, -0.05) is 6.92 Å². The molecule has 0 amide bonds. The molecule has 16 heavy (non-hydrogen) atoms. The fraction of sp³-hybridized carbons (Fsp3) is 0.500. The number of alkyl halides is 2. The maximum absolute atomic E-state index is 12.3. The molecule has 2 rings (SSSR count). The molecule has 0 fully saturated rings. The van der Waals surface area contributed by atoms with Crippen molar-refractivity contribution in [2.24, 2.45) is 0 Å². The van der Waals surface area contributed by atoms with Gasteiger partial charge in [-0.2, -0.15) is 5.10 Å². The van der Waals surface area contributed by atoms with Crippen LogP contribution in [0.2, 0.25) is 0 Å². The van der Waals surface area contributed by atoms with Crippen LogP contribution in [0.15, 0.2) is 6.20 Å². The van der Waals surface area contributed by atoms with Crippen LogP contribution in [0.25, 0.3) is 11.0 Å². The molecule has 4 nitrogen and oxygen atoms in total. The van der Waals surface area contributed by atoms with Crippen molar-refractivity contribution >= 4 is 11.0 Å². The molecular formula is C10H12F2N4. The molecule has 0 N–H and O–H groups in total. The van der Waals surface area contributed by atoms with Gasteiger partial charge in [0.05, 0.1) is 11.1 Å². The lowest BCUT2D eigenvalue weighted by Crippen LogP contribution is -2.09. The van der Waals surface area contributed by atoms with Gasteiger partial charge in [0.15, 0.2) is 5.65 Å². The normalized spacial score (nSPS) is 11.6. The van der Waals surface area contributed by atoms with Crippen LogP contribution in [0, 0.1) is 6.92 Å². The summed E-state index contributed by atoms with van der Waals surface area (Å²) < 4.78 is 25.9. The molecule has 0 bridgehead atoms. The largest absolute Gasteiger partial charge is 0.258 e. The Kier molecular flexibility index (Phi) is 2.80. The summed E-state index contributed by atoms with van der Waals surface area (Å²) in [5, 5.41) is 4.77. The van der Waals surface area contributed by atoms with Crippen molar-refractivity contribution in [2.45, 2.75) is 33.2 Å². The number of fused-ring (bicyclic) bond motifs is 1. The van der Waals surface area contributed by atoms with Crippen LogP contribution >= 0.6 is 0 Å². The van der Waals surface area contributed by atoms with E-state index in [4.69, 9.17) is 0 Å². The van der Waals surface area contributed by atoms with E-state index in [1.165, 1.54) is 4.68 Å². The summed E-state index contributed by atoms with van der Waals surface area (Å²) in [5.74, 6) is 0.642. The highest BCUT2D eigenvalue weighted by atomic mass is 19.3. The van der Waals surface area contributed by atoms with Crippen LogP contribution in [0.1, 0.15) is 18.4 Å². The van der Waals surface area contributed by atoms with Crippen molar-refractivity contribution in [2.75, 3.05) is 0 Å². The van der Waals surface area contributed by atoms with Gasteiger partial charge in [0.1, 0.15) is 12.4 Å². The SMILES string of the molecule is CCc1ncc2c(C)nn(CC(F)F)c2n1. The van der Waals surface area contributed by atoms with E-state index in [9.17, 15) is 8.78 Å². The summed E-state index contributed by atoms with van der Waals surface area (Å²) >= 11 is 0. The number of hydrogen-bond acceptors (Lipinski definition) is 3. The van der Waals surface area contributed by atoms with Crippen LogP contribution in [0.3, 0.4) is 0 Å². The van der Waals surface area contributed by atoms with Crippen molar-refractivity contribution in [3.8, 4) is 0 Å². The molecule has 0 aliphatic rings. The first-order chi connectivity index (χ1) is 7.61. The Balaban J connectivity index is 2.56. The monoisotopic (exact) mass is 226 g/mol. The average molecular weight is 226 g/mol. The lowest BCUT2D eigenvalue weighted by molar-refractivity contribution is 0.123. The molecule has 86 valence electrons. The van der Waals surface area contributed by atoms with E-state index in [1.807, 2.05) is 6.92 Å².